The Morgan fingerprint density at radius 1 is 0.765 bits per heavy atom. The van der Waals surface area contributed by atoms with Crippen LogP contribution in [-0.2, 0) is 48.9 Å². The molecule has 1 aliphatic carbocycles. The zero-order valence-corrected chi connectivity index (χ0v) is 26.6. The second kappa shape index (κ2) is 12.0. The molecular formula is C31H40Cl2Zr. The van der Waals surface area contributed by atoms with Crippen LogP contribution in [0.5, 0.6) is 0 Å². The van der Waals surface area contributed by atoms with Crippen LogP contribution in [0.4, 0.5) is 0 Å². The Kier molecular flexibility index (Phi) is 11.7. The molecule has 0 radical (unpaired) electrons. The molecule has 34 heavy (non-hydrogen) atoms. The Hall–Kier alpha value is -0.747. The molecule has 0 nitrogen and oxygen atoms in total. The molecule has 0 unspecified atom stereocenters. The number of hydrogen-bond donors (Lipinski definition) is 0. The summed E-state index contributed by atoms with van der Waals surface area (Å²) in [5, 5.41) is 0. The largest absolute Gasteiger partial charge is 4.00 e. The van der Waals surface area contributed by atoms with E-state index >= 15 is 0 Å². The monoisotopic (exact) mass is 572 g/mol. The predicted octanol–water partition coefficient (Wildman–Crippen LogP) is 2.67. The van der Waals surface area contributed by atoms with Crippen LogP contribution >= 0.6 is 0 Å². The van der Waals surface area contributed by atoms with Gasteiger partial charge in [0.1, 0.15) is 0 Å². The van der Waals surface area contributed by atoms with E-state index in [1.165, 1.54) is 44.5 Å². The summed E-state index contributed by atoms with van der Waals surface area (Å²) in [6.45, 7) is 22.6. The van der Waals surface area contributed by atoms with Gasteiger partial charge >= 0.3 is 26.2 Å². The second-order valence-corrected chi connectivity index (χ2v) is 12.2. The van der Waals surface area contributed by atoms with E-state index in [9.17, 15) is 0 Å². The van der Waals surface area contributed by atoms with Crippen LogP contribution in [0.2, 0.25) is 0 Å². The van der Waals surface area contributed by atoms with Crippen molar-refractivity contribution in [2.75, 3.05) is 0 Å². The minimum absolute atomic E-state index is 0. The smallest absolute Gasteiger partial charge is 1.00 e. The van der Waals surface area contributed by atoms with Crippen molar-refractivity contribution in [3.05, 3.63) is 88.0 Å². The van der Waals surface area contributed by atoms with E-state index in [0.717, 1.165) is 6.42 Å². The van der Waals surface area contributed by atoms with E-state index in [4.69, 9.17) is 0 Å². The van der Waals surface area contributed by atoms with Gasteiger partial charge in [-0.05, 0) is 22.8 Å². The fraction of sp³-hybridized carbons (Fsp3) is 0.452. The molecule has 0 aliphatic heterocycles. The first-order valence-corrected chi connectivity index (χ1v) is 11.6. The first kappa shape index (κ1) is 33.3. The van der Waals surface area contributed by atoms with Crippen molar-refractivity contribution in [3.8, 4) is 11.1 Å². The molecule has 0 saturated carbocycles. The average Bonchev–Trinajstić information content (AvgIpc) is 3.23. The summed E-state index contributed by atoms with van der Waals surface area (Å²) in [6, 6.07) is 21.4. The Morgan fingerprint density at radius 3 is 1.79 bits per heavy atom. The van der Waals surface area contributed by atoms with Gasteiger partial charge in [-0.3, -0.25) is 0 Å². The third kappa shape index (κ3) is 7.62. The first-order valence-electron chi connectivity index (χ1n) is 11.6. The van der Waals surface area contributed by atoms with Gasteiger partial charge in [0.15, 0.2) is 0 Å². The number of benzene rings is 2. The SMILES string of the molecule is CC(C)(C)c1ccc2c(c1)-c1c([c-]ccc1C(C)(C)C)C2.Cc1cc(C(C)(C)C)c[cH-]1.[Cl-].[Cl-].[Zr+4]. The zero-order chi connectivity index (χ0) is 23.2. The maximum absolute atomic E-state index is 3.47. The summed E-state index contributed by atoms with van der Waals surface area (Å²) in [4.78, 5) is 0. The first-order chi connectivity index (χ1) is 14.2. The maximum atomic E-state index is 3.47. The van der Waals surface area contributed by atoms with Gasteiger partial charge in [-0.15, -0.1) is 16.7 Å². The molecule has 0 bridgehead atoms. The van der Waals surface area contributed by atoms with E-state index in [-0.39, 0.29) is 61.8 Å². The normalized spacial score (nSPS) is 12.2. The standard InChI is InChI=1S/C21H25.C10H15.2ClH.Zr/c1-20(2,3)16-11-10-14-12-15-8-7-9-18(21(4,5)6)19(15)17(14)13-16;1-8-5-6-9(7-8)10(2,3)4;;;/h7,9-11,13H,12H2,1-6H3;5-7H,1-4H3;2*1H;/q2*-1;;;+4/p-2. The van der Waals surface area contributed by atoms with Gasteiger partial charge in [-0.1, -0.05) is 104 Å². The number of halogens is 2. The quantitative estimate of drug-likeness (QED) is 0.284. The van der Waals surface area contributed by atoms with Crippen LogP contribution in [0.3, 0.4) is 0 Å². The number of fused-ring (bicyclic) bond motifs is 3. The summed E-state index contributed by atoms with van der Waals surface area (Å²) in [5.41, 5.74) is 12.0. The van der Waals surface area contributed by atoms with Gasteiger partial charge in [0.25, 0.3) is 0 Å². The average molecular weight is 575 g/mol. The van der Waals surface area contributed by atoms with Gasteiger partial charge in [-0.2, -0.15) is 41.5 Å². The molecule has 0 aromatic heterocycles. The van der Waals surface area contributed by atoms with Crippen molar-refractivity contribution in [2.45, 2.75) is 91.9 Å². The minimum Gasteiger partial charge on any atom is -1.00 e. The van der Waals surface area contributed by atoms with Gasteiger partial charge in [0.2, 0.25) is 0 Å². The Balaban J connectivity index is 0.000000721. The fourth-order valence-corrected chi connectivity index (χ4v) is 4.27. The third-order valence-electron chi connectivity index (χ3n) is 6.27. The van der Waals surface area contributed by atoms with E-state index in [0.29, 0.717) is 5.41 Å². The van der Waals surface area contributed by atoms with E-state index < -0.39 is 0 Å². The van der Waals surface area contributed by atoms with Crippen LogP contribution in [0.15, 0.2) is 48.5 Å². The summed E-state index contributed by atoms with van der Waals surface area (Å²) in [6.07, 6.45) is 1.03. The van der Waals surface area contributed by atoms with E-state index in [1.807, 2.05) is 0 Å². The molecule has 3 heteroatoms. The van der Waals surface area contributed by atoms with Crippen molar-refractivity contribution in [1.29, 1.82) is 0 Å². The van der Waals surface area contributed by atoms with Crippen LogP contribution in [0.1, 0.15) is 95.7 Å². The Morgan fingerprint density at radius 2 is 1.35 bits per heavy atom. The van der Waals surface area contributed by atoms with E-state index in [2.05, 4.69) is 124 Å². The minimum atomic E-state index is 0. The van der Waals surface area contributed by atoms with Gasteiger partial charge < -0.3 is 24.8 Å². The molecule has 3 aromatic carbocycles. The van der Waals surface area contributed by atoms with Crippen molar-refractivity contribution in [1.82, 2.24) is 0 Å². The molecule has 1 aliphatic rings. The van der Waals surface area contributed by atoms with Crippen LogP contribution in [0.25, 0.3) is 11.1 Å². The molecular weight excluding hydrogens is 534 g/mol. The summed E-state index contributed by atoms with van der Waals surface area (Å²) in [7, 11) is 0. The molecule has 0 fully saturated rings. The Labute approximate surface area is 240 Å². The van der Waals surface area contributed by atoms with Crippen molar-refractivity contribution in [2.24, 2.45) is 0 Å². The Bertz CT molecular complexity index is 1070. The molecule has 0 atom stereocenters. The van der Waals surface area contributed by atoms with E-state index in [1.54, 1.807) is 0 Å². The molecule has 0 N–H and O–H groups in total. The molecule has 3 aromatic rings. The van der Waals surface area contributed by atoms with Crippen LogP contribution in [0, 0.1) is 13.0 Å². The van der Waals surface area contributed by atoms with Gasteiger partial charge in [-0.25, -0.2) is 6.07 Å². The summed E-state index contributed by atoms with van der Waals surface area (Å²) >= 11 is 0. The second-order valence-electron chi connectivity index (χ2n) is 12.2. The van der Waals surface area contributed by atoms with Crippen molar-refractivity contribution in [3.63, 3.8) is 0 Å². The molecule has 0 spiro atoms. The predicted molar refractivity (Wildman–Crippen MR) is 136 cm³/mol. The number of hydrogen-bond acceptors (Lipinski definition) is 0. The fourth-order valence-electron chi connectivity index (χ4n) is 4.27. The maximum Gasteiger partial charge on any atom is 4.00 e. The zero-order valence-electron chi connectivity index (χ0n) is 22.6. The number of rotatable bonds is 0. The number of aryl methyl sites for hydroxylation is 1. The molecule has 0 heterocycles. The molecule has 4 rings (SSSR count). The van der Waals surface area contributed by atoms with Crippen LogP contribution < -0.4 is 24.8 Å². The van der Waals surface area contributed by atoms with Crippen molar-refractivity contribution >= 4 is 0 Å². The summed E-state index contributed by atoms with van der Waals surface area (Å²) < 4.78 is 0. The third-order valence-corrected chi connectivity index (χ3v) is 6.27. The van der Waals surface area contributed by atoms with Gasteiger partial charge in [0.05, 0.1) is 0 Å². The van der Waals surface area contributed by atoms with Gasteiger partial charge in [0, 0.05) is 0 Å². The molecule has 0 amide bonds. The topological polar surface area (TPSA) is 0 Å². The molecule has 182 valence electrons. The van der Waals surface area contributed by atoms with Crippen LogP contribution in [-0.4, -0.2) is 0 Å². The van der Waals surface area contributed by atoms with Crippen molar-refractivity contribution < 1.29 is 51.0 Å². The summed E-state index contributed by atoms with van der Waals surface area (Å²) in [5.74, 6) is 0. The molecule has 0 saturated heterocycles.